The monoisotopic (exact) mass is 271 g/mol. The van der Waals surface area contributed by atoms with Gasteiger partial charge in [-0.1, -0.05) is 18.2 Å². The zero-order valence-corrected chi connectivity index (χ0v) is 10.8. The van der Waals surface area contributed by atoms with Crippen LogP contribution in [0.5, 0.6) is 0 Å². The van der Waals surface area contributed by atoms with E-state index in [-0.39, 0.29) is 29.6 Å². The lowest BCUT2D eigenvalue weighted by molar-refractivity contribution is -0.120. The number of benzene rings is 1. The summed E-state index contributed by atoms with van der Waals surface area (Å²) in [4.78, 5) is 11.6. The first-order chi connectivity index (χ1) is 8.56. The van der Waals surface area contributed by atoms with E-state index in [2.05, 4.69) is 5.32 Å². The molecule has 0 aliphatic carbocycles. The first-order valence-electron chi connectivity index (χ1n) is 5.71. The highest BCUT2D eigenvalue weighted by atomic mass is 32.2. The van der Waals surface area contributed by atoms with Gasteiger partial charge < -0.3 is 10.4 Å². The summed E-state index contributed by atoms with van der Waals surface area (Å²) in [6, 6.07) is 8.06. The molecule has 18 heavy (non-hydrogen) atoms. The minimum Gasteiger partial charge on any atom is -0.396 e. The van der Waals surface area contributed by atoms with Crippen LogP contribution in [0, 0.1) is 0 Å². The van der Waals surface area contributed by atoms with Gasteiger partial charge in [-0.05, 0) is 18.6 Å². The van der Waals surface area contributed by atoms with Crippen LogP contribution in [0.1, 0.15) is 12.8 Å². The van der Waals surface area contributed by atoms with Gasteiger partial charge in [0.15, 0.2) is 9.84 Å². The molecule has 0 saturated heterocycles. The van der Waals surface area contributed by atoms with E-state index >= 15 is 0 Å². The summed E-state index contributed by atoms with van der Waals surface area (Å²) in [6.07, 6.45) is 0.403. The number of amides is 1. The zero-order valence-electron chi connectivity index (χ0n) is 10.0. The van der Waals surface area contributed by atoms with Gasteiger partial charge in [0.05, 0.1) is 10.6 Å². The fourth-order valence-corrected chi connectivity index (χ4v) is 2.63. The molecular formula is C12H17NO4S. The fourth-order valence-electron chi connectivity index (χ4n) is 1.37. The normalized spacial score (nSPS) is 11.2. The molecule has 0 bridgehead atoms. The molecule has 0 aliphatic heterocycles. The van der Waals surface area contributed by atoms with Crippen LogP contribution in [-0.4, -0.2) is 38.3 Å². The van der Waals surface area contributed by atoms with E-state index in [1.54, 1.807) is 18.2 Å². The van der Waals surface area contributed by atoms with E-state index in [0.29, 0.717) is 13.0 Å². The maximum atomic E-state index is 11.8. The maximum absolute atomic E-state index is 11.8. The maximum Gasteiger partial charge on any atom is 0.221 e. The topological polar surface area (TPSA) is 83.5 Å². The zero-order chi connectivity index (χ0) is 13.4. The molecule has 0 saturated carbocycles. The Morgan fingerprint density at radius 2 is 1.89 bits per heavy atom. The number of hydrogen-bond donors (Lipinski definition) is 2. The number of hydrogen-bond acceptors (Lipinski definition) is 4. The van der Waals surface area contributed by atoms with E-state index in [1.165, 1.54) is 12.1 Å². The summed E-state index contributed by atoms with van der Waals surface area (Å²) < 4.78 is 23.7. The van der Waals surface area contributed by atoms with Gasteiger partial charge >= 0.3 is 0 Å². The molecule has 100 valence electrons. The summed E-state index contributed by atoms with van der Waals surface area (Å²) in [6.45, 7) is 0.364. The van der Waals surface area contributed by atoms with Crippen LogP contribution in [-0.2, 0) is 14.6 Å². The number of aliphatic hydroxyl groups excluding tert-OH is 1. The van der Waals surface area contributed by atoms with Crippen molar-refractivity contribution in [3.8, 4) is 0 Å². The Labute approximate surface area is 107 Å². The van der Waals surface area contributed by atoms with E-state index < -0.39 is 9.84 Å². The molecule has 1 aromatic rings. The SMILES string of the molecule is O=C(CCS(=O)(=O)c1ccccc1)NCCCO. The summed E-state index contributed by atoms with van der Waals surface area (Å²) in [5, 5.41) is 11.1. The quantitative estimate of drug-likeness (QED) is 0.701. The van der Waals surface area contributed by atoms with Gasteiger partial charge in [-0.25, -0.2) is 8.42 Å². The van der Waals surface area contributed by atoms with Gasteiger partial charge in [-0.3, -0.25) is 4.79 Å². The van der Waals surface area contributed by atoms with Crippen molar-refractivity contribution >= 4 is 15.7 Å². The van der Waals surface area contributed by atoms with Crippen molar-refractivity contribution < 1.29 is 18.3 Å². The number of aliphatic hydroxyl groups is 1. The van der Waals surface area contributed by atoms with Gasteiger partial charge in [0.2, 0.25) is 5.91 Å². The van der Waals surface area contributed by atoms with E-state index in [1.807, 2.05) is 0 Å². The van der Waals surface area contributed by atoms with Crippen LogP contribution in [0.2, 0.25) is 0 Å². The van der Waals surface area contributed by atoms with Gasteiger partial charge in [-0.2, -0.15) is 0 Å². The minimum atomic E-state index is -3.40. The molecule has 5 nitrogen and oxygen atoms in total. The molecule has 0 unspecified atom stereocenters. The lowest BCUT2D eigenvalue weighted by atomic mass is 10.4. The van der Waals surface area contributed by atoms with Crippen molar-refractivity contribution in [3.63, 3.8) is 0 Å². The standard InChI is InChI=1S/C12H17NO4S/c14-9-4-8-13-12(15)7-10-18(16,17)11-5-2-1-3-6-11/h1-3,5-6,14H,4,7-10H2,(H,13,15). The van der Waals surface area contributed by atoms with Crippen molar-refractivity contribution in [1.82, 2.24) is 5.32 Å². The van der Waals surface area contributed by atoms with Crippen LogP contribution in [0.15, 0.2) is 35.2 Å². The van der Waals surface area contributed by atoms with Gasteiger partial charge in [0.1, 0.15) is 0 Å². The number of carbonyl (C=O) groups excluding carboxylic acids is 1. The van der Waals surface area contributed by atoms with Crippen LogP contribution in [0.3, 0.4) is 0 Å². The Balaban J connectivity index is 2.46. The average molecular weight is 271 g/mol. The number of rotatable bonds is 7. The van der Waals surface area contributed by atoms with Crippen molar-refractivity contribution in [2.75, 3.05) is 18.9 Å². The molecule has 0 radical (unpaired) electrons. The molecule has 2 N–H and O–H groups in total. The first-order valence-corrected chi connectivity index (χ1v) is 7.37. The Morgan fingerprint density at radius 3 is 2.50 bits per heavy atom. The Bertz CT molecular complexity index is 470. The van der Waals surface area contributed by atoms with E-state index in [4.69, 9.17) is 5.11 Å². The van der Waals surface area contributed by atoms with Gasteiger partial charge in [0.25, 0.3) is 0 Å². The highest BCUT2D eigenvalue weighted by Crippen LogP contribution is 2.10. The van der Waals surface area contributed by atoms with Crippen LogP contribution in [0.25, 0.3) is 0 Å². The molecule has 0 atom stereocenters. The summed E-state index contributed by atoms with van der Waals surface area (Å²) in [7, 11) is -3.40. The molecule has 0 spiro atoms. The number of carbonyl (C=O) groups is 1. The Kier molecular flexibility index (Phi) is 5.80. The molecule has 0 aliphatic rings. The summed E-state index contributed by atoms with van der Waals surface area (Å²) in [5.74, 6) is -0.523. The fraction of sp³-hybridized carbons (Fsp3) is 0.417. The molecule has 1 aromatic carbocycles. The van der Waals surface area contributed by atoms with Crippen molar-refractivity contribution in [3.05, 3.63) is 30.3 Å². The van der Waals surface area contributed by atoms with Crippen molar-refractivity contribution in [2.24, 2.45) is 0 Å². The smallest absolute Gasteiger partial charge is 0.221 e. The second-order valence-corrected chi connectivity index (χ2v) is 5.92. The summed E-state index contributed by atoms with van der Waals surface area (Å²) in [5.41, 5.74) is 0. The van der Waals surface area contributed by atoms with Crippen LogP contribution < -0.4 is 5.32 Å². The Morgan fingerprint density at radius 1 is 1.22 bits per heavy atom. The van der Waals surface area contributed by atoms with Gasteiger partial charge in [-0.15, -0.1) is 0 Å². The van der Waals surface area contributed by atoms with Crippen LogP contribution in [0.4, 0.5) is 0 Å². The lowest BCUT2D eigenvalue weighted by Gasteiger charge is -2.05. The third kappa shape index (κ3) is 4.85. The molecule has 1 amide bonds. The number of sulfone groups is 1. The highest BCUT2D eigenvalue weighted by Gasteiger charge is 2.15. The average Bonchev–Trinajstić information content (AvgIpc) is 2.38. The van der Waals surface area contributed by atoms with Crippen LogP contribution >= 0.6 is 0 Å². The van der Waals surface area contributed by atoms with Gasteiger partial charge in [0, 0.05) is 19.6 Å². The molecule has 1 rings (SSSR count). The number of nitrogens with one attached hydrogen (secondary N) is 1. The first kappa shape index (κ1) is 14.7. The third-order valence-corrected chi connectivity index (χ3v) is 4.09. The molecular weight excluding hydrogens is 254 g/mol. The lowest BCUT2D eigenvalue weighted by Crippen LogP contribution is -2.27. The van der Waals surface area contributed by atoms with Crippen molar-refractivity contribution in [2.45, 2.75) is 17.7 Å². The molecule has 0 heterocycles. The van der Waals surface area contributed by atoms with E-state index in [0.717, 1.165) is 0 Å². The van der Waals surface area contributed by atoms with E-state index in [9.17, 15) is 13.2 Å². The summed E-state index contributed by atoms with van der Waals surface area (Å²) >= 11 is 0. The van der Waals surface area contributed by atoms with Crippen molar-refractivity contribution in [1.29, 1.82) is 0 Å². The molecule has 6 heteroatoms. The highest BCUT2D eigenvalue weighted by molar-refractivity contribution is 7.91. The second-order valence-electron chi connectivity index (χ2n) is 3.81. The third-order valence-electron chi connectivity index (χ3n) is 2.36. The molecule has 0 aromatic heterocycles. The second kappa shape index (κ2) is 7.13. The predicted molar refractivity (Wildman–Crippen MR) is 67.8 cm³/mol. The minimum absolute atomic E-state index is 0.00257. The largest absolute Gasteiger partial charge is 0.396 e. The predicted octanol–water partition coefficient (Wildman–Crippen LogP) is 0.349. The Hall–Kier alpha value is -1.40. The molecule has 0 fully saturated rings.